The van der Waals surface area contributed by atoms with Crippen LogP contribution in [0, 0.1) is 0 Å². The van der Waals surface area contributed by atoms with Gasteiger partial charge in [-0.1, -0.05) is 20.3 Å². The standard InChI is InChI=1S/C12H23N3/c1-4-6-11(3)13-10-12-7-8-14-15(12)9-5-2/h7-8,11,13H,4-6,9-10H2,1-3H3. The van der Waals surface area contributed by atoms with E-state index in [0.29, 0.717) is 6.04 Å². The van der Waals surface area contributed by atoms with Crippen molar-refractivity contribution < 1.29 is 0 Å². The fraction of sp³-hybridized carbons (Fsp3) is 0.750. The molecule has 0 radical (unpaired) electrons. The fourth-order valence-electron chi connectivity index (χ4n) is 1.74. The van der Waals surface area contributed by atoms with E-state index >= 15 is 0 Å². The first kappa shape index (κ1) is 12.2. The number of rotatable bonds is 7. The predicted octanol–water partition coefficient (Wildman–Crippen LogP) is 2.57. The molecule has 0 spiro atoms. The third-order valence-corrected chi connectivity index (χ3v) is 2.59. The summed E-state index contributed by atoms with van der Waals surface area (Å²) in [7, 11) is 0. The van der Waals surface area contributed by atoms with E-state index in [2.05, 4.69) is 41.9 Å². The third kappa shape index (κ3) is 4.04. The van der Waals surface area contributed by atoms with Crippen molar-refractivity contribution in [1.82, 2.24) is 15.1 Å². The fourth-order valence-corrected chi connectivity index (χ4v) is 1.74. The molecule has 1 heterocycles. The van der Waals surface area contributed by atoms with Crippen molar-refractivity contribution >= 4 is 0 Å². The van der Waals surface area contributed by atoms with E-state index in [1.807, 2.05) is 6.20 Å². The number of hydrogen-bond donors (Lipinski definition) is 1. The largest absolute Gasteiger partial charge is 0.309 e. The second-order valence-corrected chi connectivity index (χ2v) is 4.12. The van der Waals surface area contributed by atoms with E-state index in [-0.39, 0.29) is 0 Å². The molecule has 3 nitrogen and oxygen atoms in total. The summed E-state index contributed by atoms with van der Waals surface area (Å²) in [6.07, 6.45) is 5.50. The third-order valence-electron chi connectivity index (χ3n) is 2.59. The molecule has 1 aromatic heterocycles. The Morgan fingerprint density at radius 3 is 2.87 bits per heavy atom. The van der Waals surface area contributed by atoms with Crippen LogP contribution in [0.1, 0.15) is 45.7 Å². The van der Waals surface area contributed by atoms with Crippen molar-refractivity contribution in [3.63, 3.8) is 0 Å². The molecule has 1 unspecified atom stereocenters. The van der Waals surface area contributed by atoms with Crippen molar-refractivity contribution in [2.24, 2.45) is 0 Å². The van der Waals surface area contributed by atoms with Crippen LogP contribution in [-0.2, 0) is 13.1 Å². The van der Waals surface area contributed by atoms with Crippen LogP contribution in [0.4, 0.5) is 0 Å². The van der Waals surface area contributed by atoms with E-state index in [9.17, 15) is 0 Å². The van der Waals surface area contributed by atoms with Crippen LogP contribution in [-0.4, -0.2) is 15.8 Å². The molecule has 1 aromatic rings. The maximum absolute atomic E-state index is 4.31. The Kier molecular flexibility index (Phi) is 5.40. The molecule has 0 saturated heterocycles. The second-order valence-electron chi connectivity index (χ2n) is 4.12. The van der Waals surface area contributed by atoms with E-state index in [1.165, 1.54) is 18.5 Å². The highest BCUT2D eigenvalue weighted by atomic mass is 15.3. The van der Waals surface area contributed by atoms with Crippen LogP contribution in [0.3, 0.4) is 0 Å². The molecule has 0 aromatic carbocycles. The summed E-state index contributed by atoms with van der Waals surface area (Å²) in [5.41, 5.74) is 1.29. The highest BCUT2D eigenvalue weighted by molar-refractivity contribution is 5.00. The molecule has 0 amide bonds. The lowest BCUT2D eigenvalue weighted by atomic mass is 10.2. The van der Waals surface area contributed by atoms with Gasteiger partial charge in [0.2, 0.25) is 0 Å². The van der Waals surface area contributed by atoms with Gasteiger partial charge in [-0.25, -0.2) is 0 Å². The van der Waals surface area contributed by atoms with Gasteiger partial charge in [-0.05, 0) is 25.8 Å². The summed E-state index contributed by atoms with van der Waals surface area (Å²) < 4.78 is 2.09. The van der Waals surface area contributed by atoms with Gasteiger partial charge in [0, 0.05) is 25.3 Å². The summed E-state index contributed by atoms with van der Waals surface area (Å²) in [4.78, 5) is 0. The lowest BCUT2D eigenvalue weighted by Crippen LogP contribution is -2.26. The van der Waals surface area contributed by atoms with Gasteiger partial charge < -0.3 is 5.32 Å². The van der Waals surface area contributed by atoms with Crippen LogP contribution in [0.25, 0.3) is 0 Å². The van der Waals surface area contributed by atoms with Gasteiger partial charge in [-0.2, -0.15) is 5.10 Å². The Morgan fingerprint density at radius 1 is 1.40 bits per heavy atom. The summed E-state index contributed by atoms with van der Waals surface area (Å²) in [5, 5.41) is 7.83. The molecule has 1 N–H and O–H groups in total. The summed E-state index contributed by atoms with van der Waals surface area (Å²) >= 11 is 0. The van der Waals surface area contributed by atoms with Crippen LogP contribution in [0.15, 0.2) is 12.3 Å². The molecule has 0 saturated carbocycles. The average Bonchev–Trinajstić information content (AvgIpc) is 2.64. The number of hydrogen-bond acceptors (Lipinski definition) is 2. The maximum atomic E-state index is 4.31. The average molecular weight is 209 g/mol. The smallest absolute Gasteiger partial charge is 0.0522 e. The van der Waals surface area contributed by atoms with Crippen molar-refractivity contribution in [2.45, 2.75) is 59.2 Å². The van der Waals surface area contributed by atoms with Crippen LogP contribution < -0.4 is 5.32 Å². The minimum atomic E-state index is 0.597. The second kappa shape index (κ2) is 6.62. The lowest BCUT2D eigenvalue weighted by Gasteiger charge is -2.13. The summed E-state index contributed by atoms with van der Waals surface area (Å²) in [6.45, 7) is 8.59. The summed E-state index contributed by atoms with van der Waals surface area (Å²) in [6, 6.07) is 2.70. The molecule has 0 aliphatic carbocycles. The molecule has 0 aliphatic heterocycles. The molecule has 0 fully saturated rings. The molecule has 0 bridgehead atoms. The van der Waals surface area contributed by atoms with Gasteiger partial charge in [0.15, 0.2) is 0 Å². The number of nitrogens with one attached hydrogen (secondary N) is 1. The first-order chi connectivity index (χ1) is 7.27. The lowest BCUT2D eigenvalue weighted by molar-refractivity contribution is 0.482. The molecular weight excluding hydrogens is 186 g/mol. The molecule has 0 aliphatic rings. The first-order valence-corrected chi connectivity index (χ1v) is 6.02. The number of nitrogens with zero attached hydrogens (tertiary/aromatic N) is 2. The van der Waals surface area contributed by atoms with Crippen LogP contribution in [0.2, 0.25) is 0 Å². The van der Waals surface area contributed by atoms with Gasteiger partial charge in [-0.15, -0.1) is 0 Å². The first-order valence-electron chi connectivity index (χ1n) is 6.02. The molecular formula is C12H23N3. The van der Waals surface area contributed by atoms with Crippen molar-refractivity contribution in [3.8, 4) is 0 Å². The topological polar surface area (TPSA) is 29.9 Å². The molecule has 3 heteroatoms. The Labute approximate surface area is 92.9 Å². The maximum Gasteiger partial charge on any atom is 0.0522 e. The van der Waals surface area contributed by atoms with Crippen molar-refractivity contribution in [2.75, 3.05) is 0 Å². The van der Waals surface area contributed by atoms with Gasteiger partial charge >= 0.3 is 0 Å². The predicted molar refractivity (Wildman–Crippen MR) is 63.7 cm³/mol. The zero-order chi connectivity index (χ0) is 11.1. The normalized spacial score (nSPS) is 13.0. The zero-order valence-electron chi connectivity index (χ0n) is 10.2. The molecule has 86 valence electrons. The minimum absolute atomic E-state index is 0.597. The zero-order valence-corrected chi connectivity index (χ0v) is 10.2. The molecule has 1 atom stereocenters. The van der Waals surface area contributed by atoms with Crippen LogP contribution in [0.5, 0.6) is 0 Å². The SMILES string of the molecule is CCCC(C)NCc1ccnn1CCC. The Balaban J connectivity index is 2.39. The van der Waals surface area contributed by atoms with Crippen LogP contribution >= 0.6 is 0 Å². The van der Waals surface area contributed by atoms with Gasteiger partial charge in [0.05, 0.1) is 5.69 Å². The summed E-state index contributed by atoms with van der Waals surface area (Å²) in [5.74, 6) is 0. The number of aryl methyl sites for hydroxylation is 1. The monoisotopic (exact) mass is 209 g/mol. The van der Waals surface area contributed by atoms with Crippen molar-refractivity contribution in [1.29, 1.82) is 0 Å². The number of aromatic nitrogens is 2. The van der Waals surface area contributed by atoms with E-state index in [4.69, 9.17) is 0 Å². The highest BCUT2D eigenvalue weighted by Crippen LogP contribution is 2.02. The van der Waals surface area contributed by atoms with Gasteiger partial charge in [0.25, 0.3) is 0 Å². The molecule has 15 heavy (non-hydrogen) atoms. The minimum Gasteiger partial charge on any atom is -0.309 e. The Hall–Kier alpha value is -0.830. The van der Waals surface area contributed by atoms with Crippen molar-refractivity contribution in [3.05, 3.63) is 18.0 Å². The highest BCUT2D eigenvalue weighted by Gasteiger charge is 2.03. The molecule has 1 rings (SSSR count). The quantitative estimate of drug-likeness (QED) is 0.748. The van der Waals surface area contributed by atoms with Gasteiger partial charge in [-0.3, -0.25) is 4.68 Å². The Bertz CT molecular complexity index is 268. The van der Waals surface area contributed by atoms with E-state index in [0.717, 1.165) is 19.5 Å². The van der Waals surface area contributed by atoms with E-state index in [1.54, 1.807) is 0 Å². The Morgan fingerprint density at radius 2 is 2.20 bits per heavy atom. The van der Waals surface area contributed by atoms with E-state index < -0.39 is 0 Å². The van der Waals surface area contributed by atoms with Gasteiger partial charge in [0.1, 0.15) is 0 Å².